The number of pyridine rings is 1. The summed E-state index contributed by atoms with van der Waals surface area (Å²) in [5.74, 6) is 2.81. The summed E-state index contributed by atoms with van der Waals surface area (Å²) >= 11 is 0. The number of anilines is 1. The molecule has 1 unspecified atom stereocenters. The number of aryl methyl sites for hydroxylation is 1. The molecule has 0 fully saturated rings. The molecule has 2 aromatic heterocycles. The summed E-state index contributed by atoms with van der Waals surface area (Å²) in [4.78, 5) is 8.71. The fraction of sp³-hybridized carbons (Fsp3) is 0.467. The van der Waals surface area contributed by atoms with Crippen molar-refractivity contribution in [1.82, 2.24) is 14.5 Å². The van der Waals surface area contributed by atoms with Gasteiger partial charge in [-0.3, -0.25) is 4.57 Å². The highest BCUT2D eigenvalue weighted by molar-refractivity contribution is 5.57. The maximum Gasteiger partial charge on any atom is 0.161 e. The number of hydrogen-bond acceptors (Lipinski definition) is 4. The Bertz CT molecular complexity index is 547. The van der Waals surface area contributed by atoms with Crippen molar-refractivity contribution < 1.29 is 0 Å². The summed E-state index contributed by atoms with van der Waals surface area (Å²) < 4.78 is 1.98. The second-order valence-corrected chi connectivity index (χ2v) is 5.34. The first-order valence-electron chi connectivity index (χ1n) is 7.02. The zero-order valence-corrected chi connectivity index (χ0v) is 12.4. The van der Waals surface area contributed by atoms with Gasteiger partial charge in [0.1, 0.15) is 5.82 Å². The molecule has 5 nitrogen and oxygen atoms in total. The van der Waals surface area contributed by atoms with E-state index >= 15 is 0 Å². The number of hydrogen-bond donors (Lipinski definition) is 2. The van der Waals surface area contributed by atoms with Crippen LogP contribution < -0.4 is 11.1 Å². The molecular formula is C15H23N5. The van der Waals surface area contributed by atoms with Gasteiger partial charge in [-0.1, -0.05) is 13.8 Å². The molecule has 0 amide bonds. The van der Waals surface area contributed by atoms with Gasteiger partial charge in [-0.15, -0.1) is 0 Å². The summed E-state index contributed by atoms with van der Waals surface area (Å²) in [6, 6.07) is 3.97. The van der Waals surface area contributed by atoms with Crippen LogP contribution in [0.15, 0.2) is 30.7 Å². The third-order valence-corrected chi connectivity index (χ3v) is 3.64. The Balaban J connectivity index is 2.19. The molecule has 20 heavy (non-hydrogen) atoms. The Labute approximate surface area is 120 Å². The second kappa shape index (κ2) is 6.52. The Kier molecular flexibility index (Phi) is 4.74. The van der Waals surface area contributed by atoms with Crippen molar-refractivity contribution in [3.8, 4) is 5.82 Å². The molecule has 3 N–H and O–H groups in total. The van der Waals surface area contributed by atoms with Crippen LogP contribution in [-0.4, -0.2) is 27.6 Å². The molecule has 0 aliphatic carbocycles. The number of nitrogens with zero attached hydrogens (tertiary/aromatic N) is 3. The van der Waals surface area contributed by atoms with E-state index < -0.39 is 0 Å². The minimum absolute atomic E-state index is 0.451. The predicted octanol–water partition coefficient (Wildman–Crippen LogP) is 2.22. The first-order chi connectivity index (χ1) is 9.63. The summed E-state index contributed by atoms with van der Waals surface area (Å²) in [6.45, 7) is 7.90. The molecule has 2 rings (SSSR count). The van der Waals surface area contributed by atoms with Gasteiger partial charge in [0.25, 0.3) is 0 Å². The number of nitrogens with one attached hydrogen (secondary N) is 1. The fourth-order valence-electron chi connectivity index (χ4n) is 2.16. The van der Waals surface area contributed by atoms with Crippen LogP contribution in [0.2, 0.25) is 0 Å². The highest BCUT2D eigenvalue weighted by atomic mass is 15.1. The number of aromatic nitrogens is 3. The van der Waals surface area contributed by atoms with Crippen LogP contribution in [0.4, 0.5) is 5.69 Å². The molecule has 2 heterocycles. The standard InChI is InChI=1S/C15H23N5/c1-11(2)13(9-16)10-19-14-5-4-6-18-15(14)20-8-7-17-12(20)3/h4-8,11,13,19H,9-10,16H2,1-3H3. The smallest absolute Gasteiger partial charge is 0.161 e. The van der Waals surface area contributed by atoms with E-state index in [-0.39, 0.29) is 0 Å². The molecule has 0 aromatic carbocycles. The van der Waals surface area contributed by atoms with Gasteiger partial charge in [0.2, 0.25) is 0 Å². The van der Waals surface area contributed by atoms with Crippen molar-refractivity contribution >= 4 is 5.69 Å². The Morgan fingerprint density at radius 3 is 2.70 bits per heavy atom. The number of nitrogens with two attached hydrogens (primary N) is 1. The van der Waals surface area contributed by atoms with E-state index in [1.165, 1.54) is 0 Å². The van der Waals surface area contributed by atoms with Gasteiger partial charge in [0.05, 0.1) is 5.69 Å². The highest BCUT2D eigenvalue weighted by Gasteiger charge is 2.13. The third kappa shape index (κ3) is 3.17. The lowest BCUT2D eigenvalue weighted by atomic mass is 9.96. The van der Waals surface area contributed by atoms with E-state index in [4.69, 9.17) is 5.73 Å². The molecule has 0 aliphatic heterocycles. The van der Waals surface area contributed by atoms with Gasteiger partial charge in [0.15, 0.2) is 5.82 Å². The third-order valence-electron chi connectivity index (χ3n) is 3.64. The maximum atomic E-state index is 5.82. The lowest BCUT2D eigenvalue weighted by Gasteiger charge is -2.21. The quantitative estimate of drug-likeness (QED) is 0.846. The van der Waals surface area contributed by atoms with E-state index in [0.29, 0.717) is 18.4 Å². The topological polar surface area (TPSA) is 68.8 Å². The van der Waals surface area contributed by atoms with Crippen molar-refractivity contribution in [2.24, 2.45) is 17.6 Å². The number of rotatable bonds is 6. The Morgan fingerprint density at radius 1 is 1.30 bits per heavy atom. The van der Waals surface area contributed by atoms with Crippen LogP contribution >= 0.6 is 0 Å². The maximum absolute atomic E-state index is 5.82. The van der Waals surface area contributed by atoms with Crippen molar-refractivity contribution in [2.75, 3.05) is 18.4 Å². The molecule has 108 valence electrons. The molecule has 0 saturated heterocycles. The summed E-state index contributed by atoms with van der Waals surface area (Å²) in [7, 11) is 0. The van der Waals surface area contributed by atoms with Crippen LogP contribution in [0, 0.1) is 18.8 Å². The molecule has 1 atom stereocenters. The summed E-state index contributed by atoms with van der Waals surface area (Å²) in [6.07, 6.45) is 5.50. The molecular weight excluding hydrogens is 250 g/mol. The van der Waals surface area contributed by atoms with E-state index in [1.807, 2.05) is 29.8 Å². The van der Waals surface area contributed by atoms with Gasteiger partial charge >= 0.3 is 0 Å². The average molecular weight is 273 g/mol. The lowest BCUT2D eigenvalue weighted by molar-refractivity contribution is 0.413. The van der Waals surface area contributed by atoms with E-state index in [0.717, 1.165) is 23.9 Å². The largest absolute Gasteiger partial charge is 0.382 e. The van der Waals surface area contributed by atoms with E-state index in [9.17, 15) is 0 Å². The molecule has 0 spiro atoms. The minimum Gasteiger partial charge on any atom is -0.382 e. The molecule has 5 heteroatoms. The average Bonchev–Trinajstić information content (AvgIpc) is 2.86. The van der Waals surface area contributed by atoms with Crippen LogP contribution in [0.1, 0.15) is 19.7 Å². The molecule has 0 bridgehead atoms. The Morgan fingerprint density at radius 2 is 2.10 bits per heavy atom. The van der Waals surface area contributed by atoms with Gasteiger partial charge in [-0.05, 0) is 37.4 Å². The summed E-state index contributed by atoms with van der Waals surface area (Å²) in [5.41, 5.74) is 6.83. The van der Waals surface area contributed by atoms with Crippen LogP contribution in [-0.2, 0) is 0 Å². The van der Waals surface area contributed by atoms with Crippen molar-refractivity contribution in [1.29, 1.82) is 0 Å². The first kappa shape index (κ1) is 14.5. The fourth-order valence-corrected chi connectivity index (χ4v) is 2.16. The van der Waals surface area contributed by atoms with Crippen molar-refractivity contribution in [2.45, 2.75) is 20.8 Å². The van der Waals surface area contributed by atoms with E-state index in [2.05, 4.69) is 29.1 Å². The van der Waals surface area contributed by atoms with Gasteiger partial charge in [-0.2, -0.15) is 0 Å². The zero-order valence-electron chi connectivity index (χ0n) is 12.4. The SMILES string of the molecule is Cc1nccn1-c1ncccc1NCC(CN)C(C)C. The van der Waals surface area contributed by atoms with E-state index in [1.54, 1.807) is 12.4 Å². The van der Waals surface area contributed by atoms with Crippen LogP contribution in [0.25, 0.3) is 5.82 Å². The predicted molar refractivity (Wildman–Crippen MR) is 82.0 cm³/mol. The van der Waals surface area contributed by atoms with Crippen molar-refractivity contribution in [3.05, 3.63) is 36.5 Å². The van der Waals surface area contributed by atoms with Gasteiger partial charge < -0.3 is 11.1 Å². The second-order valence-electron chi connectivity index (χ2n) is 5.34. The van der Waals surface area contributed by atoms with Gasteiger partial charge in [0, 0.05) is 25.1 Å². The lowest BCUT2D eigenvalue weighted by Crippen LogP contribution is -2.27. The van der Waals surface area contributed by atoms with Crippen molar-refractivity contribution in [3.63, 3.8) is 0 Å². The highest BCUT2D eigenvalue weighted by Crippen LogP contribution is 2.19. The minimum atomic E-state index is 0.451. The van der Waals surface area contributed by atoms with Gasteiger partial charge in [-0.25, -0.2) is 9.97 Å². The summed E-state index contributed by atoms with van der Waals surface area (Å²) in [5, 5.41) is 3.47. The van der Waals surface area contributed by atoms with Crippen LogP contribution in [0.5, 0.6) is 0 Å². The first-order valence-corrected chi connectivity index (χ1v) is 7.02. The molecule has 2 aromatic rings. The Hall–Kier alpha value is -1.88. The molecule has 0 radical (unpaired) electrons. The normalized spacial score (nSPS) is 12.7. The monoisotopic (exact) mass is 273 g/mol. The number of imidazole rings is 1. The molecule has 0 saturated carbocycles. The van der Waals surface area contributed by atoms with Crippen LogP contribution in [0.3, 0.4) is 0 Å². The zero-order chi connectivity index (χ0) is 14.5. The molecule has 0 aliphatic rings.